The zero-order chi connectivity index (χ0) is 15.2. The Labute approximate surface area is 126 Å². The fourth-order valence-corrected chi connectivity index (χ4v) is 4.63. The monoisotopic (exact) mass is 316 g/mol. The average molecular weight is 316 g/mol. The molecule has 0 saturated carbocycles. The van der Waals surface area contributed by atoms with Gasteiger partial charge in [0.25, 0.3) is 0 Å². The van der Waals surface area contributed by atoms with Crippen molar-refractivity contribution < 1.29 is 8.42 Å². The van der Waals surface area contributed by atoms with Gasteiger partial charge in [0.2, 0.25) is 10.0 Å². The van der Waals surface area contributed by atoms with E-state index < -0.39 is 10.0 Å². The van der Waals surface area contributed by atoms with Crippen LogP contribution in [0.5, 0.6) is 0 Å². The zero-order valence-electron chi connectivity index (χ0n) is 12.4. The summed E-state index contributed by atoms with van der Waals surface area (Å²) in [6, 6.07) is 7.57. The van der Waals surface area contributed by atoms with Crippen molar-refractivity contribution in [2.45, 2.75) is 37.6 Å². The minimum Gasteiger partial charge on any atom is -0.398 e. The molecule has 0 amide bonds. The normalized spacial score (nSPS) is 13.6. The molecule has 0 bridgehead atoms. The van der Waals surface area contributed by atoms with Crippen LogP contribution in [-0.4, -0.2) is 37.3 Å². The van der Waals surface area contributed by atoms with Crippen LogP contribution in [0.3, 0.4) is 0 Å². The molecule has 0 aromatic heterocycles. The third-order valence-electron chi connectivity index (χ3n) is 3.28. The maximum absolute atomic E-state index is 12.2. The minimum absolute atomic E-state index is 0.0526. The van der Waals surface area contributed by atoms with Gasteiger partial charge in [-0.3, -0.25) is 0 Å². The molecule has 6 heteroatoms. The van der Waals surface area contributed by atoms with Crippen molar-refractivity contribution in [3.63, 3.8) is 0 Å². The van der Waals surface area contributed by atoms with Gasteiger partial charge in [-0.2, -0.15) is 0 Å². The van der Waals surface area contributed by atoms with Crippen molar-refractivity contribution in [3.8, 4) is 0 Å². The molecule has 0 radical (unpaired) electrons. The van der Waals surface area contributed by atoms with Crippen molar-refractivity contribution in [1.82, 2.24) is 4.31 Å². The Bertz CT molecular complexity index is 518. The highest BCUT2D eigenvalue weighted by Crippen LogP contribution is 2.24. The molecular formula is C14H24N2O2S2. The summed E-state index contributed by atoms with van der Waals surface area (Å²) >= 11 is 1.49. The van der Waals surface area contributed by atoms with E-state index in [4.69, 9.17) is 5.73 Å². The molecule has 0 spiro atoms. The van der Waals surface area contributed by atoms with Crippen LogP contribution in [0.25, 0.3) is 0 Å². The van der Waals surface area contributed by atoms with Gasteiger partial charge in [-0.25, -0.2) is 12.7 Å². The van der Waals surface area contributed by atoms with Crippen molar-refractivity contribution in [1.29, 1.82) is 0 Å². The summed E-state index contributed by atoms with van der Waals surface area (Å²) in [4.78, 5) is 0.937. The Kier molecular flexibility index (Phi) is 6.85. The largest absolute Gasteiger partial charge is 0.398 e. The van der Waals surface area contributed by atoms with E-state index in [1.165, 1.54) is 16.1 Å². The van der Waals surface area contributed by atoms with E-state index in [1.54, 1.807) is 7.05 Å². The quantitative estimate of drug-likeness (QED) is 0.592. The molecule has 0 fully saturated rings. The number of benzene rings is 1. The lowest BCUT2D eigenvalue weighted by molar-refractivity contribution is 0.369. The first-order valence-electron chi connectivity index (χ1n) is 6.81. The second-order valence-corrected chi connectivity index (χ2v) is 8.14. The summed E-state index contributed by atoms with van der Waals surface area (Å²) in [6.45, 7) is 4.01. The van der Waals surface area contributed by atoms with Crippen LogP contribution in [0, 0.1) is 0 Å². The molecule has 4 nitrogen and oxygen atoms in total. The van der Waals surface area contributed by atoms with Gasteiger partial charge in [0.15, 0.2) is 0 Å². The molecule has 0 aliphatic heterocycles. The molecule has 0 aliphatic rings. The Hall–Kier alpha value is -0.720. The molecule has 0 heterocycles. The first kappa shape index (κ1) is 17.3. The standard InChI is InChI=1S/C14H24N2O2S2/c1-4-7-12(2)16(3)20(17,18)11-10-19-14-9-6-5-8-13(14)15/h5-6,8-9,12H,4,7,10-11,15H2,1-3H3. The van der Waals surface area contributed by atoms with Crippen molar-refractivity contribution in [3.05, 3.63) is 24.3 Å². The molecule has 2 N–H and O–H groups in total. The zero-order valence-corrected chi connectivity index (χ0v) is 14.0. The Morgan fingerprint density at radius 1 is 1.35 bits per heavy atom. The first-order chi connectivity index (χ1) is 9.38. The lowest BCUT2D eigenvalue weighted by atomic mass is 10.2. The Morgan fingerprint density at radius 2 is 2.00 bits per heavy atom. The van der Waals surface area contributed by atoms with Gasteiger partial charge in [-0.1, -0.05) is 25.5 Å². The van der Waals surface area contributed by atoms with Crippen LogP contribution in [-0.2, 0) is 10.0 Å². The summed E-state index contributed by atoms with van der Waals surface area (Å²) in [7, 11) is -1.53. The highest BCUT2D eigenvalue weighted by atomic mass is 32.2. The van der Waals surface area contributed by atoms with E-state index >= 15 is 0 Å². The number of nitrogens with two attached hydrogens (primary N) is 1. The van der Waals surface area contributed by atoms with Crippen molar-refractivity contribution in [2.24, 2.45) is 0 Å². The van der Waals surface area contributed by atoms with Crippen LogP contribution in [0.4, 0.5) is 5.69 Å². The van der Waals surface area contributed by atoms with Gasteiger partial charge in [0, 0.05) is 29.4 Å². The van der Waals surface area contributed by atoms with Crippen molar-refractivity contribution >= 4 is 27.5 Å². The average Bonchev–Trinajstić information content (AvgIpc) is 2.40. The van der Waals surface area contributed by atoms with Gasteiger partial charge >= 0.3 is 0 Å². The van der Waals surface area contributed by atoms with Gasteiger partial charge in [-0.05, 0) is 25.5 Å². The highest BCUT2D eigenvalue weighted by molar-refractivity contribution is 8.00. The number of rotatable bonds is 8. The third kappa shape index (κ3) is 5.00. The number of para-hydroxylation sites is 1. The second-order valence-electron chi connectivity index (χ2n) is 4.86. The molecule has 0 saturated heterocycles. The fraction of sp³-hybridized carbons (Fsp3) is 0.571. The highest BCUT2D eigenvalue weighted by Gasteiger charge is 2.22. The van der Waals surface area contributed by atoms with Gasteiger partial charge in [0.1, 0.15) is 0 Å². The summed E-state index contributed by atoms with van der Waals surface area (Å²) in [5, 5.41) is 0. The molecule has 20 heavy (non-hydrogen) atoms. The molecule has 1 atom stereocenters. The van der Waals surface area contributed by atoms with E-state index in [9.17, 15) is 8.42 Å². The maximum atomic E-state index is 12.2. The van der Waals surface area contributed by atoms with E-state index in [0.29, 0.717) is 11.4 Å². The Morgan fingerprint density at radius 3 is 2.60 bits per heavy atom. The number of thioether (sulfide) groups is 1. The van der Waals surface area contributed by atoms with Crippen LogP contribution in [0.1, 0.15) is 26.7 Å². The SMILES string of the molecule is CCCC(C)N(C)S(=O)(=O)CCSc1ccccc1N. The van der Waals surface area contributed by atoms with E-state index in [-0.39, 0.29) is 11.8 Å². The summed E-state index contributed by atoms with van der Waals surface area (Å²) in [6.07, 6.45) is 1.87. The Balaban J connectivity index is 2.54. The number of nitrogen functional groups attached to an aromatic ring is 1. The van der Waals surface area contributed by atoms with E-state index in [1.807, 2.05) is 31.2 Å². The summed E-state index contributed by atoms with van der Waals surface area (Å²) < 4.78 is 25.9. The van der Waals surface area contributed by atoms with Gasteiger partial charge in [-0.15, -0.1) is 11.8 Å². The third-order valence-corrected chi connectivity index (χ3v) is 6.59. The number of nitrogens with zero attached hydrogens (tertiary/aromatic N) is 1. The van der Waals surface area contributed by atoms with Gasteiger partial charge in [0.05, 0.1) is 5.75 Å². The minimum atomic E-state index is -3.19. The topological polar surface area (TPSA) is 63.4 Å². The molecule has 1 rings (SSSR count). The van der Waals surface area contributed by atoms with Crippen LogP contribution < -0.4 is 5.73 Å². The second kappa shape index (κ2) is 7.90. The van der Waals surface area contributed by atoms with Crippen LogP contribution in [0.2, 0.25) is 0 Å². The van der Waals surface area contributed by atoms with Crippen LogP contribution in [0.15, 0.2) is 29.2 Å². The van der Waals surface area contributed by atoms with E-state index in [0.717, 1.165) is 17.7 Å². The lowest BCUT2D eigenvalue weighted by Gasteiger charge is -2.23. The number of anilines is 1. The van der Waals surface area contributed by atoms with Gasteiger partial charge < -0.3 is 5.73 Å². The summed E-state index contributed by atoms with van der Waals surface area (Å²) in [5.41, 5.74) is 6.53. The molecule has 1 unspecified atom stereocenters. The predicted octanol–water partition coefficient (Wildman–Crippen LogP) is 2.81. The molecule has 1 aromatic carbocycles. The molecule has 1 aromatic rings. The predicted molar refractivity (Wildman–Crippen MR) is 87.5 cm³/mol. The smallest absolute Gasteiger partial charge is 0.214 e. The summed E-state index contributed by atoms with van der Waals surface area (Å²) in [5.74, 6) is 0.649. The molecule has 114 valence electrons. The maximum Gasteiger partial charge on any atom is 0.214 e. The molecule has 0 aliphatic carbocycles. The number of hydrogen-bond acceptors (Lipinski definition) is 4. The first-order valence-corrected chi connectivity index (χ1v) is 9.41. The fourth-order valence-electron chi connectivity index (χ4n) is 1.89. The van der Waals surface area contributed by atoms with Crippen molar-refractivity contribution in [2.75, 3.05) is 24.3 Å². The molecular weight excluding hydrogens is 292 g/mol. The number of sulfonamides is 1. The van der Waals surface area contributed by atoms with Crippen LogP contribution >= 0.6 is 11.8 Å². The lowest BCUT2D eigenvalue weighted by Crippen LogP contribution is -2.37. The van der Waals surface area contributed by atoms with E-state index in [2.05, 4.69) is 6.92 Å². The number of hydrogen-bond donors (Lipinski definition) is 1.